The summed E-state index contributed by atoms with van der Waals surface area (Å²) in [5.41, 5.74) is 0. The first kappa shape index (κ1) is 8.97. The minimum Gasteiger partial charge on any atom is -0.384 e. The Morgan fingerprint density at radius 1 is 1.78 bits per heavy atom. The molecule has 0 N–H and O–H groups in total. The summed E-state index contributed by atoms with van der Waals surface area (Å²) < 4.78 is 23.3. The zero-order valence-electron chi connectivity index (χ0n) is 4.36. The molecule has 0 radical (unpaired) electrons. The van der Waals surface area contributed by atoms with Crippen LogP contribution in [0.4, 0.5) is 8.78 Å². The molecule has 0 aliphatic heterocycles. The lowest BCUT2D eigenvalue weighted by Gasteiger charge is -2.02. The second-order valence-electron chi connectivity index (χ2n) is 1.10. The third-order valence-corrected chi connectivity index (χ3v) is 0.950. The minimum atomic E-state index is -3.52. The van der Waals surface area contributed by atoms with Gasteiger partial charge in [-0.25, -0.2) is 0 Å². The topological polar surface area (TPSA) is 26.3 Å². The largest absolute Gasteiger partial charge is 0.406 e. The van der Waals surface area contributed by atoms with E-state index in [0.717, 1.165) is 6.92 Å². The minimum absolute atomic E-state index is 0.376. The summed E-state index contributed by atoms with van der Waals surface area (Å²) in [5.74, 6) is -0.805. The molecule has 54 valence electrons. The third kappa shape index (κ3) is 7.97. The van der Waals surface area contributed by atoms with Crippen molar-refractivity contribution in [2.75, 3.05) is 0 Å². The molecule has 0 bridgehead atoms. The average Bonchev–Trinajstić information content (AvgIpc) is 1.59. The molecule has 6 heteroatoms. The Balaban J connectivity index is 3.39. The molecule has 0 atom stereocenters. The maximum Gasteiger partial charge on any atom is 0.406 e. The van der Waals surface area contributed by atoms with Crippen molar-refractivity contribution in [2.45, 2.75) is 11.6 Å². The number of hydrogen-bond acceptors (Lipinski definition) is 3. The summed E-state index contributed by atoms with van der Waals surface area (Å²) in [4.78, 5) is 9.86. The van der Waals surface area contributed by atoms with Crippen LogP contribution in [0.2, 0.25) is 0 Å². The lowest BCUT2D eigenvalue weighted by Crippen LogP contribution is -2.01. The van der Waals surface area contributed by atoms with Gasteiger partial charge < -0.3 is 4.18 Å². The van der Waals surface area contributed by atoms with Crippen LogP contribution in [0.5, 0.6) is 0 Å². The first-order valence-corrected chi connectivity index (χ1v) is 2.97. The molecule has 0 spiro atoms. The maximum absolute atomic E-state index is 11.5. The van der Waals surface area contributed by atoms with Gasteiger partial charge in [-0.3, -0.25) is 4.79 Å². The molecule has 0 aliphatic carbocycles. The van der Waals surface area contributed by atoms with Crippen molar-refractivity contribution in [1.29, 1.82) is 0 Å². The van der Waals surface area contributed by atoms with Crippen LogP contribution in [-0.2, 0) is 8.98 Å². The molecule has 9 heavy (non-hydrogen) atoms. The fourth-order valence-electron chi connectivity index (χ4n) is 0.106. The monoisotopic (exact) mass is 176 g/mol. The Kier molecular flexibility index (Phi) is 3.21. The van der Waals surface area contributed by atoms with Gasteiger partial charge in [0.15, 0.2) is 12.0 Å². The van der Waals surface area contributed by atoms with Crippen LogP contribution >= 0.6 is 23.6 Å². The predicted octanol–water partition coefficient (Wildman–Crippen LogP) is 1.99. The smallest absolute Gasteiger partial charge is 0.384 e. The lowest BCUT2D eigenvalue weighted by molar-refractivity contribution is -0.130. The molecule has 0 heterocycles. The van der Waals surface area contributed by atoms with Gasteiger partial charge in [0.2, 0.25) is 0 Å². The zero-order chi connectivity index (χ0) is 7.49. The highest BCUT2D eigenvalue weighted by Crippen LogP contribution is 2.33. The van der Waals surface area contributed by atoms with Crippen LogP contribution in [0, 0.1) is 0 Å². The molecule has 0 aromatic heterocycles. The van der Waals surface area contributed by atoms with E-state index >= 15 is 0 Å². The van der Waals surface area contributed by atoms with E-state index in [1.165, 1.54) is 0 Å². The van der Waals surface area contributed by atoms with Gasteiger partial charge in [0.25, 0.3) is 0 Å². The fourth-order valence-corrected chi connectivity index (χ4v) is 0.412. The van der Waals surface area contributed by atoms with E-state index in [1.54, 1.807) is 0 Å². The fraction of sp³-hybridized carbons (Fsp3) is 0.667. The molecule has 0 aromatic carbocycles. The number of halogens is 3. The van der Waals surface area contributed by atoms with Crippen LogP contribution in [0.3, 0.4) is 0 Å². The molecule has 0 saturated carbocycles. The Labute approximate surface area is 59.7 Å². The predicted molar refractivity (Wildman–Crippen MR) is 30.2 cm³/mol. The molecular weight excluding hydrogens is 174 g/mol. The van der Waals surface area contributed by atoms with Gasteiger partial charge in [-0.1, -0.05) is 0 Å². The third-order valence-electron chi connectivity index (χ3n) is 0.254. The Morgan fingerprint density at radius 2 is 2.22 bits per heavy atom. The molecule has 0 aliphatic rings. The molecule has 0 unspecified atom stereocenters. The van der Waals surface area contributed by atoms with Crippen molar-refractivity contribution in [3.8, 4) is 0 Å². The van der Waals surface area contributed by atoms with Crippen molar-refractivity contribution in [3.05, 3.63) is 0 Å². The van der Waals surface area contributed by atoms with E-state index in [2.05, 4.69) is 15.8 Å². The summed E-state index contributed by atoms with van der Waals surface area (Å²) in [6.45, 7) is 1.01. The standard InChI is InChI=1S/C3H3ClF2O2S/c1-2(7)8-9-3(4,5)6/h1H3. The van der Waals surface area contributed by atoms with Gasteiger partial charge in [0.1, 0.15) is 0 Å². The molecule has 0 fully saturated rings. The van der Waals surface area contributed by atoms with Gasteiger partial charge in [-0.2, -0.15) is 8.78 Å². The second kappa shape index (κ2) is 3.22. The highest BCUT2D eigenvalue weighted by molar-refractivity contribution is 7.97. The molecule has 2 nitrogen and oxygen atoms in total. The SMILES string of the molecule is CC(=O)OSC(F)(F)Cl. The van der Waals surface area contributed by atoms with E-state index in [0.29, 0.717) is 0 Å². The molecule has 0 saturated heterocycles. The zero-order valence-corrected chi connectivity index (χ0v) is 5.93. The van der Waals surface area contributed by atoms with Crippen molar-refractivity contribution in [1.82, 2.24) is 0 Å². The van der Waals surface area contributed by atoms with Gasteiger partial charge in [0, 0.05) is 6.92 Å². The van der Waals surface area contributed by atoms with Crippen LogP contribution in [-0.4, -0.2) is 10.7 Å². The van der Waals surface area contributed by atoms with Crippen LogP contribution < -0.4 is 0 Å². The first-order valence-electron chi connectivity index (χ1n) is 1.85. The summed E-state index contributed by atoms with van der Waals surface area (Å²) in [7, 11) is 0. The van der Waals surface area contributed by atoms with Crippen LogP contribution in [0.15, 0.2) is 0 Å². The van der Waals surface area contributed by atoms with Crippen LogP contribution in [0.1, 0.15) is 6.92 Å². The summed E-state index contributed by atoms with van der Waals surface area (Å²) in [5, 5.41) is 0. The van der Waals surface area contributed by atoms with Gasteiger partial charge in [0.05, 0.1) is 0 Å². The number of hydrogen-bond donors (Lipinski definition) is 0. The maximum atomic E-state index is 11.5. The van der Waals surface area contributed by atoms with Gasteiger partial charge >= 0.3 is 10.7 Å². The van der Waals surface area contributed by atoms with E-state index in [4.69, 9.17) is 0 Å². The Hall–Kier alpha value is -0.0300. The van der Waals surface area contributed by atoms with Crippen molar-refractivity contribution >= 4 is 29.6 Å². The first-order chi connectivity index (χ1) is 3.92. The average molecular weight is 177 g/mol. The quantitative estimate of drug-likeness (QED) is 0.476. The van der Waals surface area contributed by atoms with Gasteiger partial charge in [-0.15, -0.1) is 0 Å². The normalized spacial score (nSPS) is 11.1. The highest BCUT2D eigenvalue weighted by Gasteiger charge is 2.28. The number of rotatable bonds is 2. The Morgan fingerprint density at radius 3 is 2.33 bits per heavy atom. The van der Waals surface area contributed by atoms with Crippen LogP contribution in [0.25, 0.3) is 0 Å². The summed E-state index contributed by atoms with van der Waals surface area (Å²) in [6.07, 6.45) is 0. The van der Waals surface area contributed by atoms with Crippen molar-refractivity contribution < 1.29 is 17.8 Å². The molecule has 0 rings (SSSR count). The van der Waals surface area contributed by atoms with Crippen molar-refractivity contribution in [3.63, 3.8) is 0 Å². The number of carbonyl (C=O) groups excluding carboxylic acids is 1. The summed E-state index contributed by atoms with van der Waals surface area (Å²) in [6, 6.07) is 0. The Bertz CT molecular complexity index is 113. The lowest BCUT2D eigenvalue weighted by atomic mass is 10.9. The van der Waals surface area contributed by atoms with E-state index in [1.807, 2.05) is 0 Å². The molecule has 0 amide bonds. The van der Waals surface area contributed by atoms with E-state index in [-0.39, 0.29) is 12.0 Å². The molecular formula is C3H3ClF2O2S. The summed E-state index contributed by atoms with van der Waals surface area (Å²) >= 11 is 3.95. The number of carbonyl (C=O) groups is 1. The van der Waals surface area contributed by atoms with E-state index in [9.17, 15) is 13.6 Å². The second-order valence-corrected chi connectivity index (χ2v) is 2.65. The highest BCUT2D eigenvalue weighted by atomic mass is 35.5. The molecule has 0 aromatic rings. The van der Waals surface area contributed by atoms with Gasteiger partial charge in [-0.05, 0) is 11.6 Å². The van der Waals surface area contributed by atoms with Crippen molar-refractivity contribution in [2.24, 2.45) is 0 Å². The number of alkyl halides is 3. The van der Waals surface area contributed by atoms with E-state index < -0.39 is 10.7 Å².